The Balaban J connectivity index is 1.25. The summed E-state index contributed by atoms with van der Waals surface area (Å²) in [6, 6.07) is 12.4. The largest absolute Gasteiger partial charge is 0.497 e. The summed E-state index contributed by atoms with van der Waals surface area (Å²) in [6.07, 6.45) is 12.2. The van der Waals surface area contributed by atoms with Crippen LogP contribution < -0.4 is 14.8 Å². The average molecular weight is 488 g/mol. The van der Waals surface area contributed by atoms with Crippen LogP contribution in [-0.2, 0) is 18.4 Å². The molecule has 1 amide bonds. The van der Waals surface area contributed by atoms with Crippen molar-refractivity contribution in [2.24, 2.45) is 29.6 Å². The Labute approximate surface area is 216 Å². The summed E-state index contributed by atoms with van der Waals surface area (Å²) in [7, 11) is 3.29. The molecule has 2 aromatic rings. The Hall–Kier alpha value is -2.49. The third-order valence-corrected chi connectivity index (χ3v) is 10.4. The zero-order valence-corrected chi connectivity index (χ0v) is 22.1. The van der Waals surface area contributed by atoms with Crippen LogP contribution in [0, 0.1) is 29.6 Å². The van der Waals surface area contributed by atoms with Crippen LogP contribution in [0.15, 0.2) is 36.4 Å². The second kappa shape index (κ2) is 9.43. The standard InChI is InChI=1S/C32H41NO3/c1-20(21-7-8-21)26-13-15-32-14-5-4-6-28(32)27(26)16-22-9-10-23(17-29(22)32)31(34)33-19-24-11-12-25(35-2)18-30(24)36-3/h9-12,17-18,20-21,26-28H,4-8,13-16,19H2,1-3H3,(H,33,34). The lowest BCUT2D eigenvalue weighted by Crippen LogP contribution is -2.53. The number of rotatable bonds is 7. The van der Waals surface area contributed by atoms with Gasteiger partial charge in [-0.3, -0.25) is 4.79 Å². The number of benzene rings is 2. The van der Waals surface area contributed by atoms with Crippen molar-refractivity contribution in [1.29, 1.82) is 0 Å². The number of ether oxygens (including phenoxy) is 2. The molecule has 0 aromatic heterocycles. The smallest absolute Gasteiger partial charge is 0.251 e. The summed E-state index contributed by atoms with van der Waals surface area (Å²) in [6.45, 7) is 2.98. The number of amides is 1. The topological polar surface area (TPSA) is 47.6 Å². The van der Waals surface area contributed by atoms with Crippen LogP contribution in [0.5, 0.6) is 11.5 Å². The highest BCUT2D eigenvalue weighted by Gasteiger charge is 2.55. The molecule has 4 aliphatic carbocycles. The summed E-state index contributed by atoms with van der Waals surface area (Å²) in [5, 5.41) is 3.14. The predicted octanol–water partition coefficient (Wildman–Crippen LogP) is 6.69. The van der Waals surface area contributed by atoms with Crippen molar-refractivity contribution in [3.63, 3.8) is 0 Å². The summed E-state index contributed by atoms with van der Waals surface area (Å²) >= 11 is 0. The second-order valence-electron chi connectivity index (χ2n) is 12.0. The van der Waals surface area contributed by atoms with Gasteiger partial charge in [0, 0.05) is 23.7 Å². The molecular weight excluding hydrogens is 446 g/mol. The number of carbonyl (C=O) groups excluding carboxylic acids is 1. The van der Waals surface area contributed by atoms with Crippen molar-refractivity contribution < 1.29 is 14.3 Å². The van der Waals surface area contributed by atoms with Crippen LogP contribution in [0.3, 0.4) is 0 Å². The van der Waals surface area contributed by atoms with E-state index in [1.165, 1.54) is 68.9 Å². The zero-order chi connectivity index (χ0) is 24.9. The Morgan fingerprint density at radius 3 is 2.67 bits per heavy atom. The molecule has 4 nitrogen and oxygen atoms in total. The zero-order valence-electron chi connectivity index (χ0n) is 22.1. The molecule has 4 heteroatoms. The molecule has 3 saturated carbocycles. The van der Waals surface area contributed by atoms with E-state index in [0.717, 1.165) is 52.2 Å². The van der Waals surface area contributed by atoms with Crippen molar-refractivity contribution in [2.75, 3.05) is 14.2 Å². The minimum absolute atomic E-state index is 0.00223. The minimum Gasteiger partial charge on any atom is -0.497 e. The summed E-state index contributed by atoms with van der Waals surface area (Å²) in [5.41, 5.74) is 5.08. The third-order valence-electron chi connectivity index (χ3n) is 10.4. The Kier molecular flexibility index (Phi) is 6.25. The van der Waals surface area contributed by atoms with Gasteiger partial charge in [-0.1, -0.05) is 25.8 Å². The van der Waals surface area contributed by atoms with Crippen molar-refractivity contribution in [2.45, 2.75) is 76.7 Å². The minimum atomic E-state index is -0.00223. The lowest BCUT2D eigenvalue weighted by atomic mass is 9.45. The number of methoxy groups -OCH3 is 2. The molecule has 0 heterocycles. The first-order valence-corrected chi connectivity index (χ1v) is 14.2. The molecule has 0 spiro atoms. The second-order valence-corrected chi connectivity index (χ2v) is 12.0. The van der Waals surface area contributed by atoms with Gasteiger partial charge in [-0.2, -0.15) is 0 Å². The average Bonchev–Trinajstić information content (AvgIpc) is 3.77. The van der Waals surface area contributed by atoms with Crippen LogP contribution in [-0.4, -0.2) is 20.1 Å². The summed E-state index contributed by atoms with van der Waals surface area (Å²) in [5.74, 6) is 5.89. The number of hydrogen-bond donors (Lipinski definition) is 1. The first-order chi connectivity index (χ1) is 17.5. The number of carbonyl (C=O) groups is 1. The van der Waals surface area contributed by atoms with Crippen molar-refractivity contribution in [3.8, 4) is 11.5 Å². The van der Waals surface area contributed by atoms with Gasteiger partial charge in [0.25, 0.3) is 5.91 Å². The Morgan fingerprint density at radius 2 is 1.89 bits per heavy atom. The SMILES string of the molecule is COc1ccc(CNC(=O)c2ccc3c(c2)C24CCCCC2C(C3)C(C(C)C2CC2)CC4)c(OC)c1. The van der Waals surface area contributed by atoms with Gasteiger partial charge < -0.3 is 14.8 Å². The van der Waals surface area contributed by atoms with Crippen LogP contribution >= 0.6 is 0 Å². The molecule has 192 valence electrons. The molecule has 0 aliphatic heterocycles. The van der Waals surface area contributed by atoms with Gasteiger partial charge in [0.1, 0.15) is 11.5 Å². The molecule has 3 fully saturated rings. The normalized spacial score (nSPS) is 29.5. The fourth-order valence-electron chi connectivity index (χ4n) is 8.41. The fraction of sp³-hybridized carbons (Fsp3) is 0.594. The molecule has 1 N–H and O–H groups in total. The lowest BCUT2D eigenvalue weighted by molar-refractivity contribution is -0.0119. The Morgan fingerprint density at radius 1 is 1.03 bits per heavy atom. The van der Waals surface area contributed by atoms with E-state index in [-0.39, 0.29) is 5.91 Å². The predicted molar refractivity (Wildman–Crippen MR) is 143 cm³/mol. The molecule has 0 radical (unpaired) electrons. The van der Waals surface area contributed by atoms with Crippen molar-refractivity contribution in [1.82, 2.24) is 5.32 Å². The van der Waals surface area contributed by atoms with Gasteiger partial charge in [0.05, 0.1) is 14.2 Å². The molecule has 6 rings (SSSR count). The van der Waals surface area contributed by atoms with E-state index in [1.54, 1.807) is 14.2 Å². The van der Waals surface area contributed by atoms with Gasteiger partial charge >= 0.3 is 0 Å². The molecule has 36 heavy (non-hydrogen) atoms. The highest BCUT2D eigenvalue weighted by atomic mass is 16.5. The van der Waals surface area contributed by atoms with Crippen LogP contribution in [0.25, 0.3) is 0 Å². The van der Waals surface area contributed by atoms with E-state index in [9.17, 15) is 4.79 Å². The van der Waals surface area contributed by atoms with Gasteiger partial charge in [0.15, 0.2) is 0 Å². The molecule has 5 unspecified atom stereocenters. The van der Waals surface area contributed by atoms with Gasteiger partial charge in [-0.15, -0.1) is 0 Å². The van der Waals surface area contributed by atoms with E-state index in [1.807, 2.05) is 18.2 Å². The van der Waals surface area contributed by atoms with Crippen LogP contribution in [0.1, 0.15) is 85.3 Å². The van der Waals surface area contributed by atoms with Crippen molar-refractivity contribution in [3.05, 3.63) is 58.7 Å². The molecular formula is C32H41NO3. The van der Waals surface area contributed by atoms with Crippen LogP contribution in [0.2, 0.25) is 0 Å². The Bertz CT molecular complexity index is 1140. The maximum atomic E-state index is 13.3. The molecule has 2 aromatic carbocycles. The third kappa shape index (κ3) is 4.01. The van der Waals surface area contributed by atoms with Gasteiger partial charge in [0.2, 0.25) is 0 Å². The number of hydrogen-bond acceptors (Lipinski definition) is 3. The van der Waals surface area contributed by atoms with Gasteiger partial charge in [-0.25, -0.2) is 0 Å². The number of nitrogens with one attached hydrogen (secondary N) is 1. The van der Waals surface area contributed by atoms with E-state index in [4.69, 9.17) is 9.47 Å². The first kappa shape index (κ1) is 23.9. The summed E-state index contributed by atoms with van der Waals surface area (Å²) in [4.78, 5) is 13.3. The van der Waals surface area contributed by atoms with Gasteiger partial charge in [-0.05, 0) is 115 Å². The van der Waals surface area contributed by atoms with Crippen LogP contribution in [0.4, 0.5) is 0 Å². The molecule has 0 saturated heterocycles. The fourth-order valence-corrected chi connectivity index (χ4v) is 8.41. The van der Waals surface area contributed by atoms with E-state index < -0.39 is 0 Å². The van der Waals surface area contributed by atoms with E-state index in [0.29, 0.717) is 12.0 Å². The maximum Gasteiger partial charge on any atom is 0.251 e. The maximum absolute atomic E-state index is 13.3. The molecule has 2 bridgehead atoms. The van der Waals surface area contributed by atoms with E-state index in [2.05, 4.69) is 30.4 Å². The highest BCUT2D eigenvalue weighted by Crippen LogP contribution is 2.62. The van der Waals surface area contributed by atoms with Crippen molar-refractivity contribution >= 4 is 5.91 Å². The quantitative estimate of drug-likeness (QED) is 0.473. The number of fused-ring (bicyclic) bond motifs is 1. The monoisotopic (exact) mass is 487 g/mol. The molecule has 4 aliphatic rings. The molecule has 5 atom stereocenters. The lowest BCUT2D eigenvalue weighted by Gasteiger charge is -2.59. The highest BCUT2D eigenvalue weighted by molar-refractivity contribution is 5.94. The summed E-state index contributed by atoms with van der Waals surface area (Å²) < 4.78 is 10.8. The first-order valence-electron chi connectivity index (χ1n) is 14.2. The van der Waals surface area contributed by atoms with E-state index >= 15 is 0 Å².